The number of hydrogen-bond donors (Lipinski definition) is 1. The van der Waals surface area contributed by atoms with Gasteiger partial charge in [0, 0.05) is 17.6 Å². The van der Waals surface area contributed by atoms with E-state index in [4.69, 9.17) is 0 Å². The molecule has 0 aromatic carbocycles. The summed E-state index contributed by atoms with van der Waals surface area (Å²) in [5.41, 5.74) is 0. The van der Waals surface area contributed by atoms with Gasteiger partial charge in [0.15, 0.2) is 0 Å². The Morgan fingerprint density at radius 2 is 2.55 bits per heavy atom. The van der Waals surface area contributed by atoms with Crippen LogP contribution >= 0.6 is 15.9 Å². The maximum absolute atomic E-state index is 11.1. The molecule has 0 unspecified atom stereocenters. The van der Waals surface area contributed by atoms with Crippen molar-refractivity contribution in [1.82, 2.24) is 10.2 Å². The van der Waals surface area contributed by atoms with Gasteiger partial charge in [0.05, 0.1) is 6.54 Å². The van der Waals surface area contributed by atoms with Gasteiger partial charge in [-0.3, -0.25) is 0 Å². The molecule has 0 bridgehead atoms. The Balaban J connectivity index is 2.42. The summed E-state index contributed by atoms with van der Waals surface area (Å²) in [6.07, 6.45) is 1.02. The number of halogens is 1. The van der Waals surface area contributed by atoms with Gasteiger partial charge in [0.2, 0.25) is 0 Å². The van der Waals surface area contributed by atoms with Gasteiger partial charge in [-0.05, 0) is 6.42 Å². The van der Waals surface area contributed by atoms with Gasteiger partial charge in [0.1, 0.15) is 0 Å². The summed E-state index contributed by atoms with van der Waals surface area (Å²) in [5, 5.41) is 2.76. The van der Waals surface area contributed by atoms with E-state index in [0.29, 0.717) is 6.54 Å². The average Bonchev–Trinajstić information content (AvgIpc) is 1.93. The molecule has 0 aliphatic carbocycles. The van der Waals surface area contributed by atoms with E-state index in [1.54, 1.807) is 4.90 Å². The second-order valence-electron chi connectivity index (χ2n) is 2.52. The van der Waals surface area contributed by atoms with Crippen LogP contribution in [0.4, 0.5) is 4.79 Å². The first-order chi connectivity index (χ1) is 5.20. The molecule has 0 radical (unpaired) electrons. The zero-order valence-corrected chi connectivity index (χ0v) is 7.85. The van der Waals surface area contributed by atoms with Gasteiger partial charge in [0.25, 0.3) is 0 Å². The van der Waals surface area contributed by atoms with E-state index in [9.17, 15) is 4.79 Å². The Morgan fingerprint density at radius 1 is 1.82 bits per heavy atom. The van der Waals surface area contributed by atoms with E-state index in [2.05, 4.69) is 27.8 Å². The summed E-state index contributed by atoms with van der Waals surface area (Å²) < 4.78 is 0.842. The molecule has 1 fully saturated rings. The summed E-state index contributed by atoms with van der Waals surface area (Å²) >= 11 is 3.22. The minimum atomic E-state index is 0.0110. The van der Waals surface area contributed by atoms with Crippen molar-refractivity contribution in [2.24, 2.45) is 0 Å². The number of nitrogens with zero attached hydrogens (tertiary/aromatic N) is 1. The first-order valence-corrected chi connectivity index (χ1v) is 4.35. The van der Waals surface area contributed by atoms with Gasteiger partial charge in [-0.2, -0.15) is 0 Å². The van der Waals surface area contributed by atoms with Crippen LogP contribution in [0.3, 0.4) is 0 Å². The van der Waals surface area contributed by atoms with Gasteiger partial charge in [-0.15, -0.1) is 0 Å². The summed E-state index contributed by atoms with van der Waals surface area (Å²) in [6, 6.07) is 0.0110. The lowest BCUT2D eigenvalue weighted by atomic mass is 10.3. The van der Waals surface area contributed by atoms with Crippen LogP contribution in [0.15, 0.2) is 11.1 Å². The van der Waals surface area contributed by atoms with Crippen molar-refractivity contribution < 1.29 is 4.79 Å². The van der Waals surface area contributed by atoms with E-state index < -0.39 is 0 Å². The van der Waals surface area contributed by atoms with Crippen LogP contribution in [0, 0.1) is 0 Å². The number of carbonyl (C=O) groups is 1. The van der Waals surface area contributed by atoms with Crippen LogP contribution in [0.25, 0.3) is 0 Å². The highest BCUT2D eigenvalue weighted by atomic mass is 79.9. The Labute approximate surface area is 74.6 Å². The molecule has 1 saturated heterocycles. The first kappa shape index (κ1) is 8.59. The fraction of sp³-hybridized carbons (Fsp3) is 0.571. The van der Waals surface area contributed by atoms with Crippen molar-refractivity contribution in [3.05, 3.63) is 11.1 Å². The topological polar surface area (TPSA) is 32.3 Å². The van der Waals surface area contributed by atoms with E-state index in [1.807, 2.05) is 0 Å². The zero-order chi connectivity index (χ0) is 8.27. The van der Waals surface area contributed by atoms with E-state index in [1.165, 1.54) is 0 Å². The number of hydrogen-bond acceptors (Lipinski definition) is 1. The average molecular weight is 219 g/mol. The molecule has 0 saturated carbocycles. The molecule has 0 aromatic rings. The summed E-state index contributed by atoms with van der Waals surface area (Å²) in [6.45, 7) is 5.91. The molecule has 1 aliphatic rings. The standard InChI is InChI=1S/C7H11BrN2O/c1-6(8)5-10-4-2-3-9-7(10)11/h1-5H2,(H,9,11). The van der Waals surface area contributed by atoms with Gasteiger partial charge >= 0.3 is 6.03 Å². The maximum Gasteiger partial charge on any atom is 0.317 e. The molecule has 2 amide bonds. The van der Waals surface area contributed by atoms with Gasteiger partial charge in [-0.25, -0.2) is 4.79 Å². The number of urea groups is 1. The largest absolute Gasteiger partial charge is 0.338 e. The van der Waals surface area contributed by atoms with Crippen molar-refractivity contribution in [3.63, 3.8) is 0 Å². The normalized spacial score (nSPS) is 17.9. The van der Waals surface area contributed by atoms with Gasteiger partial charge < -0.3 is 10.2 Å². The maximum atomic E-state index is 11.1. The number of nitrogens with one attached hydrogen (secondary N) is 1. The van der Waals surface area contributed by atoms with Crippen LogP contribution < -0.4 is 5.32 Å². The van der Waals surface area contributed by atoms with E-state index in [-0.39, 0.29) is 6.03 Å². The number of rotatable bonds is 2. The summed E-state index contributed by atoms with van der Waals surface area (Å²) in [4.78, 5) is 12.8. The second kappa shape index (κ2) is 3.76. The van der Waals surface area contributed by atoms with Crippen molar-refractivity contribution >= 4 is 22.0 Å². The van der Waals surface area contributed by atoms with Crippen molar-refractivity contribution in [2.45, 2.75) is 6.42 Å². The molecule has 1 rings (SSSR count). The van der Waals surface area contributed by atoms with Crippen LogP contribution in [0.2, 0.25) is 0 Å². The predicted octanol–water partition coefficient (Wildman–Crippen LogP) is 1.31. The molecular formula is C7H11BrN2O. The van der Waals surface area contributed by atoms with Crippen molar-refractivity contribution in [1.29, 1.82) is 0 Å². The lowest BCUT2D eigenvalue weighted by Gasteiger charge is -2.26. The molecule has 11 heavy (non-hydrogen) atoms. The van der Waals surface area contributed by atoms with Crippen LogP contribution in [0.5, 0.6) is 0 Å². The zero-order valence-electron chi connectivity index (χ0n) is 6.27. The first-order valence-electron chi connectivity index (χ1n) is 3.56. The minimum absolute atomic E-state index is 0.0110. The van der Waals surface area contributed by atoms with Crippen LogP contribution in [-0.2, 0) is 0 Å². The third kappa shape index (κ3) is 2.54. The third-order valence-corrected chi connectivity index (χ3v) is 1.78. The molecule has 0 atom stereocenters. The minimum Gasteiger partial charge on any atom is -0.338 e. The Bertz CT molecular complexity index is 181. The molecule has 4 heteroatoms. The molecule has 1 aliphatic heterocycles. The fourth-order valence-electron chi connectivity index (χ4n) is 1.04. The Hall–Kier alpha value is -0.510. The Kier molecular flexibility index (Phi) is 2.93. The quantitative estimate of drug-likeness (QED) is 0.746. The molecule has 62 valence electrons. The summed E-state index contributed by atoms with van der Waals surface area (Å²) in [7, 11) is 0. The van der Waals surface area contributed by atoms with Crippen LogP contribution in [-0.4, -0.2) is 30.6 Å². The number of carbonyl (C=O) groups excluding carboxylic acids is 1. The molecule has 0 spiro atoms. The fourth-order valence-corrected chi connectivity index (χ4v) is 1.34. The van der Waals surface area contributed by atoms with E-state index in [0.717, 1.165) is 24.0 Å². The highest BCUT2D eigenvalue weighted by molar-refractivity contribution is 9.11. The lowest BCUT2D eigenvalue weighted by Crippen LogP contribution is -2.46. The summed E-state index contributed by atoms with van der Waals surface area (Å²) in [5.74, 6) is 0. The second-order valence-corrected chi connectivity index (χ2v) is 3.65. The molecule has 0 aromatic heterocycles. The predicted molar refractivity (Wildman–Crippen MR) is 47.7 cm³/mol. The monoisotopic (exact) mass is 218 g/mol. The molecular weight excluding hydrogens is 208 g/mol. The lowest BCUT2D eigenvalue weighted by molar-refractivity contribution is 0.192. The smallest absolute Gasteiger partial charge is 0.317 e. The van der Waals surface area contributed by atoms with Crippen molar-refractivity contribution in [3.8, 4) is 0 Å². The van der Waals surface area contributed by atoms with Crippen LogP contribution in [0.1, 0.15) is 6.42 Å². The molecule has 3 nitrogen and oxygen atoms in total. The van der Waals surface area contributed by atoms with Crippen molar-refractivity contribution in [2.75, 3.05) is 19.6 Å². The van der Waals surface area contributed by atoms with Gasteiger partial charge in [-0.1, -0.05) is 22.5 Å². The van der Waals surface area contributed by atoms with E-state index >= 15 is 0 Å². The SMILES string of the molecule is C=C(Br)CN1CCCNC1=O. The highest BCUT2D eigenvalue weighted by Crippen LogP contribution is 2.06. The molecule has 1 N–H and O–H groups in total. The third-order valence-electron chi connectivity index (χ3n) is 1.53. The molecule has 1 heterocycles. The Morgan fingerprint density at radius 3 is 3.09 bits per heavy atom. The highest BCUT2D eigenvalue weighted by Gasteiger charge is 2.16. The number of amides is 2.